The highest BCUT2D eigenvalue weighted by molar-refractivity contribution is 5.02. The van der Waals surface area contributed by atoms with Gasteiger partial charge in [0.15, 0.2) is 0 Å². The normalized spacial score (nSPS) is 14.3. The minimum absolute atomic E-state index is 0.300. The van der Waals surface area contributed by atoms with Gasteiger partial charge in [0, 0.05) is 0 Å². The Morgan fingerprint density at radius 1 is 0.593 bits per heavy atom. The standard InChI is InChI=1S/C24H48O3/c1-7-13-14-15-16-17-19-23(12-6,18-8-2)24(25-20-9-3,26-21-10-4)27-22-11-5/h12H,6-11,13-22H2,1-5H3. The fourth-order valence-corrected chi connectivity index (χ4v) is 3.69. The summed E-state index contributed by atoms with van der Waals surface area (Å²) in [5.41, 5.74) is -0.300. The van der Waals surface area contributed by atoms with Crippen molar-refractivity contribution in [2.24, 2.45) is 5.41 Å². The Kier molecular flexibility index (Phi) is 16.3. The summed E-state index contributed by atoms with van der Waals surface area (Å²) in [4.78, 5) is 0. The molecule has 0 radical (unpaired) electrons. The van der Waals surface area contributed by atoms with E-state index in [9.17, 15) is 0 Å². The Hall–Kier alpha value is -0.380. The molecule has 0 aliphatic heterocycles. The van der Waals surface area contributed by atoms with E-state index < -0.39 is 5.97 Å². The first-order valence-corrected chi connectivity index (χ1v) is 11.7. The second kappa shape index (κ2) is 16.6. The molecule has 3 heteroatoms. The van der Waals surface area contributed by atoms with Crippen LogP contribution in [0, 0.1) is 5.41 Å². The fourth-order valence-electron chi connectivity index (χ4n) is 3.69. The molecule has 1 atom stereocenters. The fraction of sp³-hybridized carbons (Fsp3) is 0.917. The number of ether oxygens (including phenoxy) is 3. The molecule has 0 aromatic heterocycles. The monoisotopic (exact) mass is 384 g/mol. The lowest BCUT2D eigenvalue weighted by molar-refractivity contribution is -0.424. The summed E-state index contributed by atoms with van der Waals surface area (Å²) in [6, 6.07) is 0. The molecule has 0 rings (SSSR count). The van der Waals surface area contributed by atoms with Crippen LogP contribution in [0.5, 0.6) is 0 Å². The van der Waals surface area contributed by atoms with Crippen LogP contribution in [0.2, 0.25) is 0 Å². The van der Waals surface area contributed by atoms with E-state index in [1.165, 1.54) is 32.1 Å². The molecule has 162 valence electrons. The van der Waals surface area contributed by atoms with Crippen LogP contribution >= 0.6 is 0 Å². The van der Waals surface area contributed by atoms with Crippen molar-refractivity contribution in [3.8, 4) is 0 Å². The minimum Gasteiger partial charge on any atom is -0.327 e. The molecule has 0 fully saturated rings. The zero-order chi connectivity index (χ0) is 20.4. The molecule has 0 aliphatic rings. The third-order valence-electron chi connectivity index (χ3n) is 5.16. The first kappa shape index (κ1) is 26.6. The molecule has 0 spiro atoms. The summed E-state index contributed by atoms with van der Waals surface area (Å²) in [7, 11) is 0. The molecule has 0 bridgehead atoms. The van der Waals surface area contributed by atoms with Gasteiger partial charge in [-0.05, 0) is 32.1 Å². The molecule has 0 N–H and O–H groups in total. The molecule has 0 aromatic rings. The maximum atomic E-state index is 6.37. The third kappa shape index (κ3) is 9.11. The lowest BCUT2D eigenvalue weighted by Crippen LogP contribution is -2.54. The smallest absolute Gasteiger partial charge is 0.292 e. The van der Waals surface area contributed by atoms with Crippen molar-refractivity contribution in [3.05, 3.63) is 12.7 Å². The summed E-state index contributed by atoms with van der Waals surface area (Å²) in [5.74, 6) is -1.00. The number of rotatable bonds is 20. The van der Waals surface area contributed by atoms with E-state index in [2.05, 4.69) is 47.3 Å². The molecular formula is C24H48O3. The van der Waals surface area contributed by atoms with E-state index >= 15 is 0 Å². The Balaban J connectivity index is 5.46. The highest BCUT2D eigenvalue weighted by atomic mass is 16.9. The first-order chi connectivity index (χ1) is 13.1. The van der Waals surface area contributed by atoms with Gasteiger partial charge in [0.05, 0.1) is 25.2 Å². The topological polar surface area (TPSA) is 27.7 Å². The van der Waals surface area contributed by atoms with Crippen LogP contribution in [0.4, 0.5) is 0 Å². The lowest BCUT2D eigenvalue weighted by Gasteiger charge is -2.47. The van der Waals surface area contributed by atoms with Gasteiger partial charge in [0.1, 0.15) is 0 Å². The van der Waals surface area contributed by atoms with E-state index in [1.54, 1.807) is 0 Å². The molecule has 1 unspecified atom stereocenters. The molecule has 0 heterocycles. The predicted molar refractivity (Wildman–Crippen MR) is 117 cm³/mol. The van der Waals surface area contributed by atoms with Gasteiger partial charge in [0.25, 0.3) is 5.97 Å². The average Bonchev–Trinajstić information content (AvgIpc) is 2.69. The van der Waals surface area contributed by atoms with Crippen LogP contribution in [0.25, 0.3) is 0 Å². The van der Waals surface area contributed by atoms with Gasteiger partial charge >= 0.3 is 0 Å². The van der Waals surface area contributed by atoms with Crippen LogP contribution in [0.3, 0.4) is 0 Å². The third-order valence-corrected chi connectivity index (χ3v) is 5.16. The highest BCUT2D eigenvalue weighted by Crippen LogP contribution is 2.47. The summed E-state index contributed by atoms with van der Waals surface area (Å²) in [6.45, 7) is 17.0. The average molecular weight is 385 g/mol. The summed E-state index contributed by atoms with van der Waals surface area (Å²) >= 11 is 0. The van der Waals surface area contributed by atoms with Crippen LogP contribution < -0.4 is 0 Å². The van der Waals surface area contributed by atoms with Crippen molar-refractivity contribution in [3.63, 3.8) is 0 Å². The van der Waals surface area contributed by atoms with Gasteiger partial charge in [-0.2, -0.15) is 0 Å². The maximum absolute atomic E-state index is 6.37. The van der Waals surface area contributed by atoms with Gasteiger partial charge < -0.3 is 14.2 Å². The van der Waals surface area contributed by atoms with Crippen molar-refractivity contribution >= 4 is 0 Å². The zero-order valence-corrected chi connectivity index (χ0v) is 19.1. The summed E-state index contributed by atoms with van der Waals surface area (Å²) < 4.78 is 19.1. The van der Waals surface area contributed by atoms with Gasteiger partial charge in [-0.1, -0.05) is 85.6 Å². The van der Waals surface area contributed by atoms with Crippen molar-refractivity contribution < 1.29 is 14.2 Å². The second-order valence-electron chi connectivity index (χ2n) is 7.73. The molecule has 0 saturated carbocycles. The van der Waals surface area contributed by atoms with Gasteiger partial charge in [-0.15, -0.1) is 6.58 Å². The lowest BCUT2D eigenvalue weighted by atomic mass is 9.75. The van der Waals surface area contributed by atoms with Crippen LogP contribution in [0.15, 0.2) is 12.7 Å². The van der Waals surface area contributed by atoms with Gasteiger partial charge in [0.2, 0.25) is 0 Å². The van der Waals surface area contributed by atoms with E-state index in [-0.39, 0.29) is 5.41 Å². The molecule has 0 amide bonds. The SMILES string of the molecule is C=CC(CCC)(CCCCCCCC)C(OCCC)(OCCC)OCCC. The van der Waals surface area contributed by atoms with E-state index in [0.717, 1.165) is 44.9 Å². The quantitative estimate of drug-likeness (QED) is 0.123. The highest BCUT2D eigenvalue weighted by Gasteiger charge is 2.52. The number of hydrogen-bond acceptors (Lipinski definition) is 3. The molecule has 0 saturated heterocycles. The predicted octanol–water partition coefficient (Wildman–Crippen LogP) is 7.64. The largest absolute Gasteiger partial charge is 0.327 e. The van der Waals surface area contributed by atoms with Crippen molar-refractivity contribution in [1.82, 2.24) is 0 Å². The molecule has 0 aliphatic carbocycles. The molecule has 3 nitrogen and oxygen atoms in total. The second-order valence-corrected chi connectivity index (χ2v) is 7.73. The Bertz CT molecular complexity index is 321. The van der Waals surface area contributed by atoms with Crippen LogP contribution in [0.1, 0.15) is 112 Å². The van der Waals surface area contributed by atoms with Crippen LogP contribution in [-0.4, -0.2) is 25.8 Å². The molecule has 0 aromatic carbocycles. The summed E-state index contributed by atoms with van der Waals surface area (Å²) in [5, 5.41) is 0. The first-order valence-electron chi connectivity index (χ1n) is 11.7. The van der Waals surface area contributed by atoms with Crippen LogP contribution in [-0.2, 0) is 14.2 Å². The number of hydrogen-bond donors (Lipinski definition) is 0. The number of unbranched alkanes of at least 4 members (excludes halogenated alkanes) is 5. The van der Waals surface area contributed by atoms with Crippen molar-refractivity contribution in [2.45, 2.75) is 118 Å². The van der Waals surface area contributed by atoms with Gasteiger partial charge in [-0.25, -0.2) is 0 Å². The Morgan fingerprint density at radius 2 is 1.07 bits per heavy atom. The molecular weight excluding hydrogens is 336 g/mol. The van der Waals surface area contributed by atoms with Crippen molar-refractivity contribution in [2.75, 3.05) is 19.8 Å². The minimum atomic E-state index is -1.00. The Labute approximate surface area is 170 Å². The Morgan fingerprint density at radius 3 is 1.48 bits per heavy atom. The van der Waals surface area contributed by atoms with E-state index in [0.29, 0.717) is 19.8 Å². The van der Waals surface area contributed by atoms with Gasteiger partial charge in [-0.3, -0.25) is 0 Å². The van der Waals surface area contributed by atoms with Crippen molar-refractivity contribution in [1.29, 1.82) is 0 Å². The van der Waals surface area contributed by atoms with E-state index in [1.807, 2.05) is 0 Å². The zero-order valence-electron chi connectivity index (χ0n) is 19.1. The maximum Gasteiger partial charge on any atom is 0.292 e. The van der Waals surface area contributed by atoms with E-state index in [4.69, 9.17) is 14.2 Å². The summed E-state index contributed by atoms with van der Waals surface area (Å²) in [6.07, 6.45) is 15.6. The molecule has 27 heavy (non-hydrogen) atoms.